The standard InChI is InChI=1S/C4HF9O3S/c5-2(6,7)1(3(8,9)10,4(11,12)13)17-16-15-14/h14H/p-1. The van der Waals surface area contributed by atoms with E-state index in [1.54, 1.807) is 0 Å². The number of hydrogen-bond acceptors (Lipinski definition) is 4. The van der Waals surface area contributed by atoms with Gasteiger partial charge in [0.15, 0.2) is 0 Å². The first-order chi connectivity index (χ1) is 7.31. The Kier molecular flexibility index (Phi) is 4.59. The molecule has 0 aromatic carbocycles. The molecule has 0 unspecified atom stereocenters. The minimum absolute atomic E-state index is 2.10. The number of hydrogen-bond donors (Lipinski definition) is 0. The molecule has 0 spiro atoms. The van der Waals surface area contributed by atoms with E-state index in [0.29, 0.717) is 0 Å². The quantitative estimate of drug-likeness (QED) is 0.347. The van der Waals surface area contributed by atoms with Crippen LogP contribution in [0.1, 0.15) is 0 Å². The van der Waals surface area contributed by atoms with Crippen LogP contribution in [0.3, 0.4) is 0 Å². The number of halogens is 9. The average Bonchev–Trinajstić information content (AvgIpc) is 1.96. The summed E-state index contributed by atoms with van der Waals surface area (Å²) < 4.78 is 104. The summed E-state index contributed by atoms with van der Waals surface area (Å²) in [6.07, 6.45) is -20.4. The zero-order valence-corrected chi connectivity index (χ0v) is 7.85. The Balaban J connectivity index is 5.75. The second-order valence-corrected chi connectivity index (χ2v) is 3.31. The van der Waals surface area contributed by atoms with Crippen molar-refractivity contribution in [3.63, 3.8) is 0 Å². The van der Waals surface area contributed by atoms with Crippen molar-refractivity contribution in [2.45, 2.75) is 23.3 Å². The molecule has 17 heavy (non-hydrogen) atoms. The number of alkyl halides is 9. The second-order valence-electron chi connectivity index (χ2n) is 2.39. The molecular weight excluding hydrogens is 299 g/mol. The van der Waals surface area contributed by atoms with E-state index in [1.807, 2.05) is 0 Å². The fourth-order valence-corrected chi connectivity index (χ4v) is 1.10. The van der Waals surface area contributed by atoms with Crippen molar-refractivity contribution in [3.05, 3.63) is 0 Å². The normalized spacial score (nSPS) is 15.2. The lowest BCUT2D eigenvalue weighted by Gasteiger charge is -2.36. The van der Waals surface area contributed by atoms with E-state index in [4.69, 9.17) is 5.26 Å². The summed E-state index contributed by atoms with van der Waals surface area (Å²) in [6.45, 7) is 0. The van der Waals surface area contributed by atoms with Gasteiger partial charge >= 0.3 is 23.3 Å². The second kappa shape index (κ2) is 4.70. The summed E-state index contributed by atoms with van der Waals surface area (Å²) in [4.78, 5) is 0. The molecule has 0 aliphatic heterocycles. The van der Waals surface area contributed by atoms with E-state index in [1.165, 1.54) is 0 Å². The highest BCUT2D eigenvalue weighted by molar-refractivity contribution is 7.96. The minimum Gasteiger partial charge on any atom is -0.691 e. The summed E-state index contributed by atoms with van der Waals surface area (Å²) in [5.74, 6) is 0. The molecule has 0 N–H and O–H groups in total. The Hall–Kier alpha value is -0.400. The summed E-state index contributed by atoms with van der Waals surface area (Å²) in [5, 5.41) is 11.2. The molecule has 0 atom stereocenters. The van der Waals surface area contributed by atoms with Crippen molar-refractivity contribution < 1.29 is 54.1 Å². The SMILES string of the molecule is [O-]OOSC(C(F)(F)F)(C(F)(F)F)C(F)(F)F. The molecule has 3 nitrogen and oxygen atoms in total. The van der Waals surface area contributed by atoms with Crippen LogP contribution in [0.5, 0.6) is 0 Å². The molecule has 104 valence electrons. The van der Waals surface area contributed by atoms with E-state index in [9.17, 15) is 39.5 Å². The maximum Gasteiger partial charge on any atom is 0.423 e. The summed E-state index contributed by atoms with van der Waals surface area (Å²) in [7, 11) is 0. The Morgan fingerprint density at radius 1 is 0.706 bits per heavy atom. The van der Waals surface area contributed by atoms with Crippen molar-refractivity contribution in [1.82, 2.24) is 0 Å². The van der Waals surface area contributed by atoms with Gasteiger partial charge in [0.05, 0.1) is 12.0 Å². The van der Waals surface area contributed by atoms with Crippen molar-refractivity contribution >= 4 is 12.0 Å². The number of rotatable bonds is 3. The molecule has 0 aliphatic rings. The van der Waals surface area contributed by atoms with Crippen molar-refractivity contribution in [1.29, 1.82) is 0 Å². The first kappa shape index (κ1) is 16.6. The Morgan fingerprint density at radius 3 is 1.18 bits per heavy atom. The van der Waals surface area contributed by atoms with Gasteiger partial charge in [0.25, 0.3) is 0 Å². The third-order valence-electron chi connectivity index (χ3n) is 1.38. The van der Waals surface area contributed by atoms with Gasteiger partial charge in [-0.3, -0.25) is 5.04 Å². The first-order valence-corrected chi connectivity index (χ1v) is 3.90. The third kappa shape index (κ3) is 2.89. The molecule has 0 aliphatic carbocycles. The first-order valence-electron chi connectivity index (χ1n) is 3.15. The van der Waals surface area contributed by atoms with Crippen LogP contribution in [0.2, 0.25) is 0 Å². The van der Waals surface area contributed by atoms with Crippen molar-refractivity contribution in [2.75, 3.05) is 0 Å². The van der Waals surface area contributed by atoms with Crippen LogP contribution in [0.4, 0.5) is 39.5 Å². The van der Waals surface area contributed by atoms with Gasteiger partial charge in [-0.05, 0) is 0 Å². The molecular formula is C4F9O3S-. The van der Waals surface area contributed by atoms with Crippen LogP contribution < -0.4 is 5.26 Å². The summed E-state index contributed by atoms with van der Waals surface area (Å²) in [5.41, 5.74) is 0. The van der Waals surface area contributed by atoms with Gasteiger partial charge in [0, 0.05) is 0 Å². The Morgan fingerprint density at radius 2 is 1.00 bits per heavy atom. The van der Waals surface area contributed by atoms with Crippen molar-refractivity contribution in [3.8, 4) is 0 Å². The third-order valence-corrected chi connectivity index (χ3v) is 2.45. The molecule has 0 aromatic rings. The molecule has 0 bridgehead atoms. The largest absolute Gasteiger partial charge is 0.691 e. The molecule has 0 saturated carbocycles. The zero-order chi connectivity index (χ0) is 14.1. The maximum absolute atomic E-state index is 12.0. The lowest BCUT2D eigenvalue weighted by Crippen LogP contribution is -2.63. The van der Waals surface area contributed by atoms with Gasteiger partial charge in [-0.1, -0.05) is 0 Å². The average molecular weight is 299 g/mol. The van der Waals surface area contributed by atoms with Crippen molar-refractivity contribution in [2.24, 2.45) is 0 Å². The van der Waals surface area contributed by atoms with Gasteiger partial charge in [-0.2, -0.15) is 43.8 Å². The van der Waals surface area contributed by atoms with E-state index in [-0.39, 0.29) is 0 Å². The molecule has 0 amide bonds. The predicted molar refractivity (Wildman–Crippen MR) is 30.7 cm³/mol. The Bertz CT molecular complexity index is 218. The van der Waals surface area contributed by atoms with Gasteiger partial charge in [-0.25, -0.2) is 0 Å². The van der Waals surface area contributed by atoms with Gasteiger partial charge in [-0.15, -0.1) is 0 Å². The van der Waals surface area contributed by atoms with Crippen LogP contribution in [0.25, 0.3) is 0 Å². The van der Waals surface area contributed by atoms with Crippen LogP contribution in [0.15, 0.2) is 0 Å². The smallest absolute Gasteiger partial charge is 0.423 e. The summed E-state index contributed by atoms with van der Waals surface area (Å²) >= 11 is -2.22. The maximum atomic E-state index is 12.0. The van der Waals surface area contributed by atoms with Crippen LogP contribution in [-0.2, 0) is 9.37 Å². The lowest BCUT2D eigenvalue weighted by atomic mass is 10.1. The van der Waals surface area contributed by atoms with Gasteiger partial charge < -0.3 is 5.26 Å². The predicted octanol–water partition coefficient (Wildman–Crippen LogP) is 2.28. The van der Waals surface area contributed by atoms with E-state index < -0.39 is 35.3 Å². The van der Waals surface area contributed by atoms with Crippen LogP contribution in [0, 0.1) is 0 Å². The monoisotopic (exact) mass is 299 g/mol. The molecule has 0 heterocycles. The molecule has 0 aromatic heterocycles. The molecule has 0 fully saturated rings. The molecule has 0 radical (unpaired) electrons. The van der Waals surface area contributed by atoms with Crippen LogP contribution >= 0.6 is 12.0 Å². The zero-order valence-electron chi connectivity index (χ0n) is 7.03. The molecule has 13 heteroatoms. The highest BCUT2D eigenvalue weighted by Crippen LogP contribution is 2.60. The topological polar surface area (TPSA) is 41.5 Å². The fourth-order valence-electron chi connectivity index (χ4n) is 0.689. The lowest BCUT2D eigenvalue weighted by molar-refractivity contribution is -0.777. The van der Waals surface area contributed by atoms with Gasteiger partial charge in [0.2, 0.25) is 0 Å². The van der Waals surface area contributed by atoms with Crippen LogP contribution in [-0.4, -0.2) is 23.3 Å². The highest BCUT2D eigenvalue weighted by Gasteiger charge is 2.85. The minimum atomic E-state index is -6.80. The van der Waals surface area contributed by atoms with Gasteiger partial charge in [0.1, 0.15) is 0 Å². The van der Waals surface area contributed by atoms with E-state index in [0.717, 1.165) is 0 Å². The summed E-state index contributed by atoms with van der Waals surface area (Å²) in [6, 6.07) is 0. The fraction of sp³-hybridized carbons (Fsp3) is 1.00. The van der Waals surface area contributed by atoms with E-state index >= 15 is 0 Å². The highest BCUT2D eigenvalue weighted by atomic mass is 32.2. The molecule has 0 saturated heterocycles. The molecule has 0 rings (SSSR count). The Labute approximate surface area is 90.5 Å². The van der Waals surface area contributed by atoms with E-state index in [2.05, 4.69) is 9.37 Å².